The predicted octanol–water partition coefficient (Wildman–Crippen LogP) is 2.87. The van der Waals surface area contributed by atoms with Crippen LogP contribution in [0.3, 0.4) is 0 Å². The van der Waals surface area contributed by atoms with E-state index < -0.39 is 16.0 Å². The molecule has 0 saturated carbocycles. The Morgan fingerprint density at radius 2 is 1.72 bits per heavy atom. The van der Waals surface area contributed by atoms with Crippen molar-refractivity contribution in [3.8, 4) is 5.69 Å². The number of aromatic nitrogens is 2. The summed E-state index contributed by atoms with van der Waals surface area (Å²) in [5.41, 5.74) is 6.89. The van der Waals surface area contributed by atoms with Crippen molar-refractivity contribution in [3.05, 3.63) is 48.0 Å². The van der Waals surface area contributed by atoms with Gasteiger partial charge in [-0.2, -0.15) is 4.31 Å². The van der Waals surface area contributed by atoms with E-state index in [4.69, 9.17) is 5.73 Å². The highest BCUT2D eigenvalue weighted by atomic mass is 32.2. The fourth-order valence-corrected chi connectivity index (χ4v) is 5.28. The number of carboxylic acids is 1. The number of anilines is 1. The maximum absolute atomic E-state index is 13.2. The molecule has 29 heavy (non-hydrogen) atoms. The number of nitrogens with zero attached hydrogens (tertiary/aromatic N) is 3. The minimum atomic E-state index is -3.82. The highest BCUT2D eigenvalue weighted by molar-refractivity contribution is 7.89. The molecule has 1 aliphatic heterocycles. The number of nitrogens with two attached hydrogens (primary N) is 1. The molecule has 3 aromatic rings. The molecule has 0 atom stereocenters. The number of hydrogen-bond donors (Lipinski definition) is 2. The van der Waals surface area contributed by atoms with Crippen LogP contribution < -0.4 is 5.73 Å². The molecule has 1 aliphatic rings. The molecule has 3 N–H and O–H groups in total. The largest absolute Gasteiger partial charge is 0.478 e. The number of sulfonamides is 1. The maximum Gasteiger partial charge on any atom is 0.335 e. The van der Waals surface area contributed by atoms with Crippen molar-refractivity contribution >= 4 is 32.7 Å². The summed E-state index contributed by atoms with van der Waals surface area (Å²) in [6, 6.07) is 11.3. The number of rotatable bonds is 4. The molecule has 0 spiro atoms. The Bertz CT molecular complexity index is 1180. The Morgan fingerprint density at radius 1 is 1.03 bits per heavy atom. The lowest BCUT2D eigenvalue weighted by Gasteiger charge is -2.20. The highest BCUT2D eigenvalue weighted by Gasteiger charge is 2.27. The van der Waals surface area contributed by atoms with Gasteiger partial charge >= 0.3 is 5.97 Å². The van der Waals surface area contributed by atoms with Gasteiger partial charge in [0.1, 0.15) is 0 Å². The van der Waals surface area contributed by atoms with Gasteiger partial charge in [0.15, 0.2) is 5.82 Å². The van der Waals surface area contributed by atoms with Crippen LogP contribution in [0.2, 0.25) is 0 Å². The first-order valence-electron chi connectivity index (χ1n) is 9.50. The van der Waals surface area contributed by atoms with Gasteiger partial charge in [-0.25, -0.2) is 17.9 Å². The first kappa shape index (κ1) is 19.4. The fourth-order valence-electron chi connectivity index (χ4n) is 3.70. The first-order chi connectivity index (χ1) is 13.9. The number of carbonyl (C=O) groups is 1. The van der Waals surface area contributed by atoms with E-state index in [-0.39, 0.29) is 10.5 Å². The Hall–Kier alpha value is -2.91. The third-order valence-corrected chi connectivity index (χ3v) is 7.08. The van der Waals surface area contributed by atoms with Crippen molar-refractivity contribution in [1.82, 2.24) is 14.1 Å². The van der Waals surface area contributed by atoms with Gasteiger partial charge < -0.3 is 10.8 Å². The number of benzene rings is 2. The minimum absolute atomic E-state index is 0.0487. The molecule has 0 amide bonds. The zero-order valence-electron chi connectivity index (χ0n) is 15.8. The van der Waals surface area contributed by atoms with Crippen LogP contribution in [0, 0.1) is 0 Å². The standard InChI is InChI=1S/C20H22N4O4S/c21-19-17-7-3-4-8-18(17)24(22-19)15-11-14(20(25)26)12-16(13-15)29(27,28)23-9-5-1-2-6-10-23/h3-4,7-8,11-13H,1-2,5-6,9-10H2,(H2,21,22)(H,25,26). The summed E-state index contributed by atoms with van der Waals surface area (Å²) in [6.45, 7) is 0.874. The molecule has 2 aromatic carbocycles. The second-order valence-corrected chi connectivity index (χ2v) is 9.09. The van der Waals surface area contributed by atoms with E-state index in [1.54, 1.807) is 6.07 Å². The van der Waals surface area contributed by atoms with Crippen LogP contribution >= 0.6 is 0 Å². The number of aromatic carboxylic acids is 1. The molecule has 8 nitrogen and oxygen atoms in total. The van der Waals surface area contributed by atoms with Crippen LogP contribution in [-0.4, -0.2) is 46.7 Å². The Labute approximate surface area is 168 Å². The molecular formula is C20H22N4O4S. The Kier molecular flexibility index (Phi) is 5.01. The summed E-state index contributed by atoms with van der Waals surface area (Å²) in [5, 5.41) is 14.6. The van der Waals surface area contributed by atoms with Gasteiger partial charge in [0, 0.05) is 18.5 Å². The molecule has 4 rings (SSSR count). The topological polar surface area (TPSA) is 119 Å². The summed E-state index contributed by atoms with van der Waals surface area (Å²) in [4.78, 5) is 11.7. The zero-order chi connectivity index (χ0) is 20.6. The smallest absolute Gasteiger partial charge is 0.335 e. The van der Waals surface area contributed by atoms with Gasteiger partial charge in [0.2, 0.25) is 10.0 Å². The number of fused-ring (bicyclic) bond motifs is 1. The van der Waals surface area contributed by atoms with Crippen molar-refractivity contribution in [1.29, 1.82) is 0 Å². The average molecular weight is 414 g/mol. The van der Waals surface area contributed by atoms with Crippen molar-refractivity contribution in [2.24, 2.45) is 0 Å². The zero-order valence-corrected chi connectivity index (χ0v) is 16.6. The van der Waals surface area contributed by atoms with E-state index >= 15 is 0 Å². The molecule has 1 aromatic heterocycles. The van der Waals surface area contributed by atoms with Crippen LogP contribution in [0.4, 0.5) is 5.82 Å². The number of nitrogen functional groups attached to an aromatic ring is 1. The number of para-hydroxylation sites is 1. The van der Waals surface area contributed by atoms with Gasteiger partial charge in [0.25, 0.3) is 0 Å². The Balaban J connectivity index is 1.88. The molecule has 0 aliphatic carbocycles. The van der Waals surface area contributed by atoms with Crippen LogP contribution in [0.5, 0.6) is 0 Å². The third-order valence-electron chi connectivity index (χ3n) is 5.20. The van der Waals surface area contributed by atoms with E-state index in [1.165, 1.54) is 27.2 Å². The monoisotopic (exact) mass is 414 g/mol. The number of hydrogen-bond acceptors (Lipinski definition) is 5. The van der Waals surface area contributed by atoms with E-state index in [0.29, 0.717) is 35.5 Å². The van der Waals surface area contributed by atoms with E-state index in [1.807, 2.05) is 18.2 Å². The molecule has 2 heterocycles. The lowest BCUT2D eigenvalue weighted by molar-refractivity contribution is 0.0696. The van der Waals surface area contributed by atoms with Gasteiger partial charge in [-0.15, -0.1) is 5.10 Å². The SMILES string of the molecule is Nc1nn(-c2cc(C(=O)O)cc(S(=O)(=O)N3CCCCCC3)c2)c2ccccc12. The van der Waals surface area contributed by atoms with E-state index in [9.17, 15) is 18.3 Å². The normalized spacial score (nSPS) is 16.0. The fraction of sp³-hybridized carbons (Fsp3) is 0.300. The third kappa shape index (κ3) is 3.58. The quantitative estimate of drug-likeness (QED) is 0.678. The van der Waals surface area contributed by atoms with E-state index in [2.05, 4.69) is 5.10 Å². The highest BCUT2D eigenvalue weighted by Crippen LogP contribution is 2.28. The van der Waals surface area contributed by atoms with E-state index in [0.717, 1.165) is 25.7 Å². The molecule has 1 fully saturated rings. The van der Waals surface area contributed by atoms with Gasteiger partial charge in [-0.3, -0.25) is 0 Å². The van der Waals surface area contributed by atoms with Crippen molar-refractivity contribution < 1.29 is 18.3 Å². The Morgan fingerprint density at radius 3 is 2.41 bits per heavy atom. The summed E-state index contributed by atoms with van der Waals surface area (Å²) >= 11 is 0. The molecule has 0 radical (unpaired) electrons. The minimum Gasteiger partial charge on any atom is -0.478 e. The summed E-state index contributed by atoms with van der Waals surface area (Å²) in [7, 11) is -3.82. The summed E-state index contributed by atoms with van der Waals surface area (Å²) in [6.07, 6.45) is 3.58. The molecule has 1 saturated heterocycles. The molecule has 152 valence electrons. The first-order valence-corrected chi connectivity index (χ1v) is 10.9. The van der Waals surface area contributed by atoms with Crippen molar-refractivity contribution in [3.63, 3.8) is 0 Å². The second-order valence-electron chi connectivity index (χ2n) is 7.15. The van der Waals surface area contributed by atoms with Gasteiger partial charge in [-0.05, 0) is 43.2 Å². The molecule has 0 unspecified atom stereocenters. The summed E-state index contributed by atoms with van der Waals surface area (Å²) in [5.74, 6) is -0.915. The van der Waals surface area contributed by atoms with Crippen LogP contribution in [0.15, 0.2) is 47.4 Å². The summed E-state index contributed by atoms with van der Waals surface area (Å²) < 4.78 is 29.4. The molecule has 0 bridgehead atoms. The van der Waals surface area contributed by atoms with Crippen LogP contribution in [0.25, 0.3) is 16.6 Å². The maximum atomic E-state index is 13.2. The molecule has 9 heteroatoms. The van der Waals surface area contributed by atoms with Crippen molar-refractivity contribution in [2.45, 2.75) is 30.6 Å². The average Bonchev–Trinajstić information content (AvgIpc) is 2.88. The second kappa shape index (κ2) is 7.49. The number of carboxylic acid groups (broad SMARTS) is 1. The van der Waals surface area contributed by atoms with Gasteiger partial charge in [-0.1, -0.05) is 25.0 Å². The lowest BCUT2D eigenvalue weighted by Crippen LogP contribution is -2.32. The van der Waals surface area contributed by atoms with Crippen LogP contribution in [0.1, 0.15) is 36.0 Å². The predicted molar refractivity (Wildman–Crippen MR) is 110 cm³/mol. The molecular weight excluding hydrogens is 392 g/mol. The van der Waals surface area contributed by atoms with Crippen molar-refractivity contribution in [2.75, 3.05) is 18.8 Å². The van der Waals surface area contributed by atoms with Gasteiger partial charge in [0.05, 0.1) is 21.7 Å². The van der Waals surface area contributed by atoms with Crippen LogP contribution in [-0.2, 0) is 10.0 Å². The lowest BCUT2D eigenvalue weighted by atomic mass is 10.2.